The maximum atomic E-state index is 5.75. The molecule has 72 valence electrons. The highest BCUT2D eigenvalue weighted by Gasteiger charge is 1.99. The minimum absolute atomic E-state index is 0.853. The molecule has 0 aromatic heterocycles. The standard InChI is InChI=1S/C10H15IN2/c1-3-13(2)7-8-4-9(11)6-10(12)5-8/h4-6H,3,7,12H2,1-2H3. The van der Waals surface area contributed by atoms with Gasteiger partial charge in [-0.05, 0) is 59.9 Å². The maximum Gasteiger partial charge on any atom is 0.0327 e. The second kappa shape index (κ2) is 4.81. The predicted octanol–water partition coefficient (Wildman–Crippen LogP) is 2.33. The predicted molar refractivity (Wildman–Crippen MR) is 65.6 cm³/mol. The molecule has 1 aromatic carbocycles. The summed E-state index contributed by atoms with van der Waals surface area (Å²) in [5.41, 5.74) is 7.89. The molecule has 2 nitrogen and oxygen atoms in total. The Morgan fingerprint density at radius 2 is 2.08 bits per heavy atom. The zero-order valence-corrected chi connectivity index (χ0v) is 10.2. The molecule has 0 saturated heterocycles. The third-order valence-electron chi connectivity index (χ3n) is 1.97. The number of halogens is 1. The van der Waals surface area contributed by atoms with Gasteiger partial charge in [0.1, 0.15) is 0 Å². The van der Waals surface area contributed by atoms with Gasteiger partial charge in [0.25, 0.3) is 0 Å². The van der Waals surface area contributed by atoms with Gasteiger partial charge in [0.2, 0.25) is 0 Å². The second-order valence-corrected chi connectivity index (χ2v) is 4.47. The van der Waals surface area contributed by atoms with Crippen molar-refractivity contribution in [3.05, 3.63) is 27.3 Å². The van der Waals surface area contributed by atoms with Crippen LogP contribution >= 0.6 is 22.6 Å². The van der Waals surface area contributed by atoms with E-state index < -0.39 is 0 Å². The van der Waals surface area contributed by atoms with Crippen molar-refractivity contribution >= 4 is 28.3 Å². The average Bonchev–Trinajstić information content (AvgIpc) is 2.02. The molecule has 1 rings (SSSR count). The van der Waals surface area contributed by atoms with Crippen LogP contribution in [0.4, 0.5) is 5.69 Å². The van der Waals surface area contributed by atoms with Crippen molar-refractivity contribution in [2.45, 2.75) is 13.5 Å². The van der Waals surface area contributed by atoms with Crippen LogP contribution in [0.1, 0.15) is 12.5 Å². The SMILES string of the molecule is CCN(C)Cc1cc(N)cc(I)c1. The number of hydrogen-bond donors (Lipinski definition) is 1. The topological polar surface area (TPSA) is 29.3 Å². The number of nitrogen functional groups attached to an aromatic ring is 1. The first kappa shape index (κ1) is 10.8. The molecule has 0 radical (unpaired) electrons. The molecule has 0 aliphatic rings. The monoisotopic (exact) mass is 290 g/mol. The summed E-state index contributed by atoms with van der Waals surface area (Å²) in [6.45, 7) is 4.18. The molecule has 0 aliphatic heterocycles. The molecule has 2 N–H and O–H groups in total. The second-order valence-electron chi connectivity index (χ2n) is 3.22. The average molecular weight is 290 g/mol. The Hall–Kier alpha value is -0.290. The van der Waals surface area contributed by atoms with E-state index in [9.17, 15) is 0 Å². The van der Waals surface area contributed by atoms with Gasteiger partial charge < -0.3 is 10.6 Å². The molecule has 0 atom stereocenters. The summed E-state index contributed by atoms with van der Waals surface area (Å²) in [6.07, 6.45) is 0. The van der Waals surface area contributed by atoms with Crippen LogP contribution in [0, 0.1) is 3.57 Å². The van der Waals surface area contributed by atoms with E-state index in [-0.39, 0.29) is 0 Å². The van der Waals surface area contributed by atoms with Crippen molar-refractivity contribution in [3.8, 4) is 0 Å². The van der Waals surface area contributed by atoms with Crippen LogP contribution in [0.25, 0.3) is 0 Å². The summed E-state index contributed by atoms with van der Waals surface area (Å²) >= 11 is 2.29. The fourth-order valence-corrected chi connectivity index (χ4v) is 1.95. The van der Waals surface area contributed by atoms with Crippen molar-refractivity contribution in [1.29, 1.82) is 0 Å². The largest absolute Gasteiger partial charge is 0.399 e. The van der Waals surface area contributed by atoms with Crippen LogP contribution in [-0.4, -0.2) is 18.5 Å². The molecule has 0 bridgehead atoms. The molecule has 0 spiro atoms. The first-order valence-corrected chi connectivity index (χ1v) is 5.43. The molecular formula is C10H15IN2. The van der Waals surface area contributed by atoms with Gasteiger partial charge in [-0.15, -0.1) is 0 Å². The maximum absolute atomic E-state index is 5.75. The fraction of sp³-hybridized carbons (Fsp3) is 0.400. The van der Waals surface area contributed by atoms with Crippen LogP contribution in [-0.2, 0) is 6.54 Å². The van der Waals surface area contributed by atoms with Gasteiger partial charge in [-0.25, -0.2) is 0 Å². The van der Waals surface area contributed by atoms with Crippen LogP contribution in [0.15, 0.2) is 18.2 Å². The van der Waals surface area contributed by atoms with E-state index in [1.165, 1.54) is 9.13 Å². The summed E-state index contributed by atoms with van der Waals surface area (Å²) in [7, 11) is 2.11. The van der Waals surface area contributed by atoms with Crippen molar-refractivity contribution in [1.82, 2.24) is 4.90 Å². The molecule has 0 saturated carbocycles. The van der Waals surface area contributed by atoms with Crippen LogP contribution < -0.4 is 5.73 Å². The number of hydrogen-bond acceptors (Lipinski definition) is 2. The first-order valence-electron chi connectivity index (χ1n) is 4.35. The molecule has 0 unspecified atom stereocenters. The normalized spacial score (nSPS) is 10.8. The summed E-state index contributed by atoms with van der Waals surface area (Å²) in [5, 5.41) is 0. The number of rotatable bonds is 3. The zero-order chi connectivity index (χ0) is 9.84. The Morgan fingerprint density at radius 3 is 2.62 bits per heavy atom. The molecular weight excluding hydrogens is 275 g/mol. The third kappa shape index (κ3) is 3.52. The summed E-state index contributed by atoms with van der Waals surface area (Å²) in [5.74, 6) is 0. The van der Waals surface area contributed by atoms with Crippen LogP contribution in [0.5, 0.6) is 0 Å². The molecule has 1 aromatic rings. The first-order chi connectivity index (χ1) is 6.11. The van der Waals surface area contributed by atoms with Gasteiger partial charge in [0.05, 0.1) is 0 Å². The van der Waals surface area contributed by atoms with E-state index in [1.54, 1.807) is 0 Å². The van der Waals surface area contributed by atoms with Gasteiger partial charge in [-0.3, -0.25) is 0 Å². The third-order valence-corrected chi connectivity index (χ3v) is 2.60. The summed E-state index contributed by atoms with van der Waals surface area (Å²) in [4.78, 5) is 2.25. The Bertz CT molecular complexity index is 266. The Morgan fingerprint density at radius 1 is 1.38 bits per heavy atom. The van der Waals surface area contributed by atoms with Crippen LogP contribution in [0.2, 0.25) is 0 Å². The van der Waals surface area contributed by atoms with Crippen molar-refractivity contribution < 1.29 is 0 Å². The number of nitrogens with zero attached hydrogens (tertiary/aromatic N) is 1. The van der Waals surface area contributed by atoms with Gasteiger partial charge in [-0.1, -0.05) is 6.92 Å². The minimum atomic E-state index is 0.853. The minimum Gasteiger partial charge on any atom is -0.399 e. The van der Waals surface area contributed by atoms with Gasteiger partial charge >= 0.3 is 0 Å². The van der Waals surface area contributed by atoms with Crippen molar-refractivity contribution in [2.24, 2.45) is 0 Å². The highest BCUT2D eigenvalue weighted by Crippen LogP contribution is 2.15. The Kier molecular flexibility index (Phi) is 3.99. The van der Waals surface area contributed by atoms with Gasteiger partial charge in [0, 0.05) is 15.8 Å². The lowest BCUT2D eigenvalue weighted by molar-refractivity contribution is 0.346. The zero-order valence-electron chi connectivity index (χ0n) is 8.05. The number of nitrogens with two attached hydrogens (primary N) is 1. The lowest BCUT2D eigenvalue weighted by atomic mass is 10.2. The number of anilines is 1. The van der Waals surface area contributed by atoms with E-state index in [1.807, 2.05) is 12.1 Å². The van der Waals surface area contributed by atoms with E-state index in [4.69, 9.17) is 5.73 Å². The molecule has 3 heteroatoms. The van der Waals surface area contributed by atoms with Crippen LogP contribution in [0.3, 0.4) is 0 Å². The summed E-state index contributed by atoms with van der Waals surface area (Å²) in [6, 6.07) is 6.19. The lowest BCUT2D eigenvalue weighted by Crippen LogP contribution is -2.16. The highest BCUT2D eigenvalue weighted by atomic mass is 127. The molecule has 0 fully saturated rings. The molecule has 0 amide bonds. The van der Waals surface area contributed by atoms with Gasteiger partial charge in [-0.2, -0.15) is 0 Å². The molecule has 0 heterocycles. The smallest absolute Gasteiger partial charge is 0.0327 e. The van der Waals surface area contributed by atoms with Crippen molar-refractivity contribution in [2.75, 3.05) is 19.3 Å². The summed E-state index contributed by atoms with van der Waals surface area (Å²) < 4.78 is 1.21. The quantitative estimate of drug-likeness (QED) is 0.684. The van der Waals surface area contributed by atoms with Crippen molar-refractivity contribution in [3.63, 3.8) is 0 Å². The Balaban J connectivity index is 2.77. The van der Waals surface area contributed by atoms with E-state index in [2.05, 4.69) is 47.5 Å². The lowest BCUT2D eigenvalue weighted by Gasteiger charge is -2.14. The number of benzene rings is 1. The highest BCUT2D eigenvalue weighted by molar-refractivity contribution is 14.1. The van der Waals surface area contributed by atoms with E-state index in [0.29, 0.717) is 0 Å². The molecule has 13 heavy (non-hydrogen) atoms. The van der Waals surface area contributed by atoms with Gasteiger partial charge in [0.15, 0.2) is 0 Å². The fourth-order valence-electron chi connectivity index (χ4n) is 1.19. The van der Waals surface area contributed by atoms with E-state index in [0.717, 1.165) is 18.8 Å². The van der Waals surface area contributed by atoms with E-state index >= 15 is 0 Å². The molecule has 0 aliphatic carbocycles. The Labute approximate surface area is 93.3 Å².